The molecule has 0 aromatic heterocycles. The Bertz CT molecular complexity index is 3300. The van der Waals surface area contributed by atoms with Crippen LogP contribution in [-0.2, 0) is 34.9 Å². The molecule has 0 bridgehead atoms. The van der Waals surface area contributed by atoms with Gasteiger partial charge < -0.3 is 18.9 Å². The summed E-state index contributed by atoms with van der Waals surface area (Å²) in [7, 11) is 2.82. The summed E-state index contributed by atoms with van der Waals surface area (Å²) in [6.07, 6.45) is -12.8. The van der Waals surface area contributed by atoms with Crippen molar-refractivity contribution in [3.8, 4) is 33.8 Å². The second-order valence-corrected chi connectivity index (χ2v) is 19.9. The van der Waals surface area contributed by atoms with Crippen molar-refractivity contribution in [1.82, 2.24) is 9.80 Å². The summed E-state index contributed by atoms with van der Waals surface area (Å²) < 4.78 is 159. The zero-order valence-corrected chi connectivity index (χ0v) is 44.2. The molecule has 2 amide bonds. The number of rotatable bonds is 12. The molecule has 0 unspecified atom stereocenters. The molecule has 0 aliphatic carbocycles. The van der Waals surface area contributed by atoms with Gasteiger partial charge >= 0.3 is 24.5 Å². The van der Waals surface area contributed by atoms with Crippen molar-refractivity contribution in [1.29, 1.82) is 0 Å². The van der Waals surface area contributed by atoms with Gasteiger partial charge in [-0.3, -0.25) is 9.80 Å². The van der Waals surface area contributed by atoms with Gasteiger partial charge in [-0.15, -0.1) is 0 Å². The van der Waals surface area contributed by atoms with Crippen LogP contribution in [0.3, 0.4) is 0 Å². The normalized spacial score (nSPS) is 18.4. The number of carbonyl (C=O) groups is 2. The van der Waals surface area contributed by atoms with Gasteiger partial charge in [-0.25, -0.2) is 18.4 Å². The lowest BCUT2D eigenvalue weighted by Crippen LogP contribution is -2.31. The highest BCUT2D eigenvalue weighted by Gasteiger charge is 2.43. The predicted molar refractivity (Wildman–Crippen MR) is 282 cm³/mol. The van der Waals surface area contributed by atoms with Crippen molar-refractivity contribution < 1.29 is 67.8 Å². The second kappa shape index (κ2) is 23.2. The lowest BCUT2D eigenvalue weighted by molar-refractivity contribution is -0.138. The van der Waals surface area contributed by atoms with Crippen LogP contribution in [0.2, 0.25) is 0 Å². The van der Waals surface area contributed by atoms with Gasteiger partial charge in [-0.1, -0.05) is 106 Å². The van der Waals surface area contributed by atoms with E-state index in [9.17, 15) is 44.7 Å². The van der Waals surface area contributed by atoms with Crippen LogP contribution in [0.15, 0.2) is 97.1 Å². The van der Waals surface area contributed by atoms with E-state index in [4.69, 9.17) is 23.1 Å². The molecule has 0 radical (unpaired) electrons. The molecule has 8 nitrogen and oxygen atoms in total. The maximum absolute atomic E-state index is 14.8. The Morgan fingerprint density at radius 2 is 0.987 bits per heavy atom. The summed E-state index contributed by atoms with van der Waals surface area (Å²) >= 11 is 0. The van der Waals surface area contributed by atoms with E-state index in [1.54, 1.807) is 71.0 Å². The molecule has 8 rings (SSSR count). The number of methoxy groups -OCH3 is 2. The minimum absolute atomic E-state index is 0. The molecule has 0 saturated carbocycles. The molecule has 2 saturated heterocycles. The van der Waals surface area contributed by atoms with Gasteiger partial charge in [0.25, 0.3) is 0 Å². The van der Waals surface area contributed by atoms with Crippen molar-refractivity contribution in [2.75, 3.05) is 14.2 Å². The molecule has 2 aliphatic rings. The Balaban J connectivity index is 0.000000255. The van der Waals surface area contributed by atoms with Crippen LogP contribution in [0, 0.1) is 39.3 Å². The van der Waals surface area contributed by atoms with Gasteiger partial charge in [0, 0.05) is 24.6 Å². The van der Waals surface area contributed by atoms with E-state index in [1.807, 2.05) is 39.0 Å². The Morgan fingerprint density at radius 3 is 1.43 bits per heavy atom. The quantitative estimate of drug-likeness (QED) is 0.114. The Morgan fingerprint density at radius 1 is 0.571 bits per heavy atom. The zero-order chi connectivity index (χ0) is 58.6. The van der Waals surface area contributed by atoms with Crippen LogP contribution < -0.4 is 9.47 Å². The number of benzene rings is 6. The van der Waals surface area contributed by atoms with Crippen LogP contribution >= 0.6 is 0 Å². The van der Waals surface area contributed by atoms with Crippen LogP contribution in [0.1, 0.15) is 144 Å². The minimum Gasteiger partial charge on any atom is -0.496 e. The number of halogens is 8. The number of alkyl halides is 6. The summed E-state index contributed by atoms with van der Waals surface area (Å²) in [5.41, 5.74) is 4.61. The maximum Gasteiger partial charge on any atom is 0.416 e. The third-order valence-corrected chi connectivity index (χ3v) is 13.5. The topological polar surface area (TPSA) is 77.5 Å². The Labute approximate surface area is 450 Å². The van der Waals surface area contributed by atoms with Gasteiger partial charge in [-0.2, -0.15) is 26.3 Å². The van der Waals surface area contributed by atoms with Crippen LogP contribution in [0.4, 0.5) is 44.7 Å². The lowest BCUT2D eigenvalue weighted by atomic mass is 9.92. The molecule has 6 aromatic carbocycles. The van der Waals surface area contributed by atoms with Crippen LogP contribution in [0.5, 0.6) is 11.5 Å². The third-order valence-electron chi connectivity index (χ3n) is 13.5. The van der Waals surface area contributed by atoms with Gasteiger partial charge in [0.2, 0.25) is 0 Å². The number of ether oxygens (including phenoxy) is 4. The standard InChI is InChI=1S/2C30H31F4NO3.CH4/c2*1-16(2)24-13-25(27(37-6)14-26(24)31)23-8-7-17(3)9-21(23)15-35-19(5)28(38-29(35)36)20-10-18(4)11-22(12-20)30(32,33)34;/h2*7-14,16,19,28H,15H2,1-6H3;1H4/t2*19-,28-;/m00./s1/i16D;15D2;. The second-order valence-electron chi connectivity index (χ2n) is 19.9. The van der Waals surface area contributed by atoms with Gasteiger partial charge in [0.1, 0.15) is 35.3 Å². The number of carbonyl (C=O) groups excluding carboxylic acids is 2. The van der Waals surface area contributed by atoms with Crippen LogP contribution in [-0.4, -0.2) is 48.3 Å². The fraction of sp³-hybridized carbons (Fsp3) is 0.377. The van der Waals surface area contributed by atoms with E-state index in [2.05, 4.69) is 0 Å². The van der Waals surface area contributed by atoms with E-state index in [-0.39, 0.29) is 53.6 Å². The number of hydrogen-bond donors (Lipinski definition) is 0. The first-order valence-corrected chi connectivity index (χ1v) is 24.5. The summed E-state index contributed by atoms with van der Waals surface area (Å²) in [4.78, 5) is 28.6. The van der Waals surface area contributed by atoms with Crippen molar-refractivity contribution in [3.05, 3.63) is 175 Å². The fourth-order valence-corrected chi connectivity index (χ4v) is 9.63. The predicted octanol–water partition coefficient (Wildman–Crippen LogP) is 17.3. The molecule has 2 fully saturated rings. The Kier molecular flexibility index (Phi) is 16.5. The summed E-state index contributed by atoms with van der Waals surface area (Å²) in [6, 6.07) is 22.0. The highest BCUT2D eigenvalue weighted by molar-refractivity contribution is 5.78. The molecule has 16 heteroatoms. The maximum atomic E-state index is 14.8. The van der Waals surface area contributed by atoms with E-state index in [1.165, 1.54) is 51.2 Å². The van der Waals surface area contributed by atoms with E-state index >= 15 is 0 Å². The molecular weight excluding hydrogens is 1010 g/mol. The average molecular weight is 1080 g/mol. The molecule has 412 valence electrons. The number of cyclic esters (lactones) is 2. The molecule has 2 heterocycles. The number of amides is 2. The summed E-state index contributed by atoms with van der Waals surface area (Å²) in [6.45, 7) is 14.5. The number of nitrogens with zero attached hydrogens (tertiary/aromatic N) is 2. The van der Waals surface area contributed by atoms with Gasteiger partial charge in [0.05, 0.1) is 53.2 Å². The molecule has 4 atom stereocenters. The van der Waals surface area contributed by atoms with Crippen LogP contribution in [0.25, 0.3) is 22.3 Å². The van der Waals surface area contributed by atoms with Crippen molar-refractivity contribution in [2.45, 2.75) is 138 Å². The first-order valence-electron chi connectivity index (χ1n) is 26.0. The highest BCUT2D eigenvalue weighted by Crippen LogP contribution is 2.44. The first-order chi connectivity index (χ1) is 36.6. The monoisotopic (exact) mass is 1080 g/mol. The highest BCUT2D eigenvalue weighted by atomic mass is 19.4. The van der Waals surface area contributed by atoms with Crippen molar-refractivity contribution in [3.63, 3.8) is 0 Å². The van der Waals surface area contributed by atoms with Crippen molar-refractivity contribution >= 4 is 12.2 Å². The molecule has 6 aromatic rings. The van der Waals surface area contributed by atoms with E-state index < -0.39 is 84.0 Å². The molecule has 77 heavy (non-hydrogen) atoms. The van der Waals surface area contributed by atoms with E-state index in [0.29, 0.717) is 44.5 Å². The number of aryl methyl sites for hydroxylation is 4. The third kappa shape index (κ3) is 12.9. The average Bonchev–Trinajstić information content (AvgIpc) is 3.81. The lowest BCUT2D eigenvalue weighted by Gasteiger charge is -2.24. The van der Waals surface area contributed by atoms with Crippen molar-refractivity contribution in [2.24, 2.45) is 0 Å². The first kappa shape index (κ1) is 54.7. The minimum atomic E-state index is -4.60. The summed E-state index contributed by atoms with van der Waals surface area (Å²) in [5.74, 6) is -1.92. The fourth-order valence-electron chi connectivity index (χ4n) is 9.63. The summed E-state index contributed by atoms with van der Waals surface area (Å²) in [5, 5.41) is 0. The SMILES string of the molecule is C.[2H]C(C)(C)c1cc(-c2ccc(C)cc2CN2C(=O)O[C@H](c3cc(C)cc(C(F)(F)F)c3)[C@@H]2C)c(OC)cc1F.[2H]C([2H])(c1cc(C)ccc1-c1cc(C(C)C)c(F)cc1OC)N1C(=O)O[C@H](c2cc(C)cc(C(F)(F)F)c2)[C@@H]1C. The number of hydrogen-bond acceptors (Lipinski definition) is 6. The van der Waals surface area contributed by atoms with E-state index in [0.717, 1.165) is 40.3 Å². The van der Waals surface area contributed by atoms with Gasteiger partial charge in [-0.05, 0) is 134 Å². The molecule has 0 N–H and O–H groups in total. The molecular formula is C61H66F8N2O6. The Hall–Kier alpha value is -7.10. The molecule has 2 aliphatic heterocycles. The van der Waals surface area contributed by atoms with Gasteiger partial charge in [0.15, 0.2) is 0 Å². The largest absolute Gasteiger partial charge is 0.496 e. The zero-order valence-electron chi connectivity index (χ0n) is 47.2. The molecule has 0 spiro atoms. The smallest absolute Gasteiger partial charge is 0.416 e.